The molecule has 4 nitrogen and oxygen atoms in total. The number of hydrogen-bond acceptors (Lipinski definition) is 4. The second-order valence-electron chi connectivity index (χ2n) is 4.22. The van der Waals surface area contributed by atoms with Gasteiger partial charge in [0.15, 0.2) is 5.75 Å². The van der Waals surface area contributed by atoms with Crippen molar-refractivity contribution in [3.05, 3.63) is 59.7 Å². The molecular weight excluding hydrogens is 254 g/mol. The van der Waals surface area contributed by atoms with Crippen molar-refractivity contribution in [3.63, 3.8) is 0 Å². The second kappa shape index (κ2) is 6.61. The molecule has 0 radical (unpaired) electrons. The molecule has 2 aromatic rings. The molecule has 0 bridgehead atoms. The lowest BCUT2D eigenvalue weighted by molar-refractivity contribution is 0.0468. The largest absolute Gasteiger partial charge is 0.491 e. The molecule has 104 valence electrons. The van der Waals surface area contributed by atoms with Crippen molar-refractivity contribution in [1.29, 1.82) is 0 Å². The van der Waals surface area contributed by atoms with Crippen LogP contribution in [0.4, 0.5) is 5.69 Å². The molecule has 0 amide bonds. The number of para-hydroxylation sites is 1. The Morgan fingerprint density at radius 2 is 1.85 bits per heavy atom. The maximum atomic E-state index is 12.1. The third-order valence-electron chi connectivity index (χ3n) is 2.77. The van der Waals surface area contributed by atoms with E-state index in [0.717, 1.165) is 5.56 Å². The first-order chi connectivity index (χ1) is 9.72. The first-order valence-corrected chi connectivity index (χ1v) is 6.44. The molecule has 0 spiro atoms. The summed E-state index contributed by atoms with van der Waals surface area (Å²) in [7, 11) is 0. The van der Waals surface area contributed by atoms with Gasteiger partial charge in [0.05, 0.1) is 12.3 Å². The van der Waals surface area contributed by atoms with Crippen LogP contribution in [0.2, 0.25) is 0 Å². The number of esters is 1. The van der Waals surface area contributed by atoms with Crippen LogP contribution in [0, 0.1) is 0 Å². The summed E-state index contributed by atoms with van der Waals surface area (Å²) in [6, 6.07) is 14.6. The van der Waals surface area contributed by atoms with Gasteiger partial charge in [0.2, 0.25) is 0 Å². The van der Waals surface area contributed by atoms with Gasteiger partial charge in [0.25, 0.3) is 0 Å². The summed E-state index contributed by atoms with van der Waals surface area (Å²) in [5, 5.41) is 0. The molecule has 0 saturated carbocycles. The second-order valence-corrected chi connectivity index (χ2v) is 4.22. The SMILES string of the molecule is CCOc1c(N)cccc1C(=O)OCc1ccccc1. The summed E-state index contributed by atoms with van der Waals surface area (Å²) in [5.74, 6) is -0.0577. The maximum absolute atomic E-state index is 12.1. The molecular formula is C16H17NO3. The van der Waals surface area contributed by atoms with Crippen LogP contribution in [0.3, 0.4) is 0 Å². The number of nitrogens with two attached hydrogens (primary N) is 1. The van der Waals surface area contributed by atoms with E-state index < -0.39 is 5.97 Å². The highest BCUT2D eigenvalue weighted by Crippen LogP contribution is 2.27. The molecule has 0 saturated heterocycles. The Morgan fingerprint density at radius 1 is 1.10 bits per heavy atom. The van der Waals surface area contributed by atoms with Crippen molar-refractivity contribution >= 4 is 11.7 Å². The molecule has 2 N–H and O–H groups in total. The van der Waals surface area contributed by atoms with Crippen molar-refractivity contribution < 1.29 is 14.3 Å². The van der Waals surface area contributed by atoms with Crippen molar-refractivity contribution in [2.45, 2.75) is 13.5 Å². The fraction of sp³-hybridized carbons (Fsp3) is 0.188. The number of ether oxygens (including phenoxy) is 2. The Labute approximate surface area is 118 Å². The summed E-state index contributed by atoms with van der Waals surface area (Å²) in [6.45, 7) is 2.50. The smallest absolute Gasteiger partial charge is 0.342 e. The maximum Gasteiger partial charge on any atom is 0.342 e. The zero-order valence-corrected chi connectivity index (χ0v) is 11.3. The minimum absolute atomic E-state index is 0.222. The molecule has 4 heteroatoms. The number of benzene rings is 2. The van der Waals surface area contributed by atoms with E-state index in [2.05, 4.69) is 0 Å². The van der Waals surface area contributed by atoms with Crippen molar-refractivity contribution in [2.75, 3.05) is 12.3 Å². The number of carbonyl (C=O) groups is 1. The van der Waals surface area contributed by atoms with Gasteiger partial charge in [-0.3, -0.25) is 0 Å². The summed E-state index contributed by atoms with van der Waals surface area (Å²) in [5.41, 5.74) is 7.53. The quantitative estimate of drug-likeness (QED) is 0.670. The van der Waals surface area contributed by atoms with Crippen LogP contribution in [0.25, 0.3) is 0 Å². The Bertz CT molecular complexity index is 582. The first kappa shape index (κ1) is 13.9. The highest BCUT2D eigenvalue weighted by atomic mass is 16.5. The van der Waals surface area contributed by atoms with Crippen LogP contribution in [0.15, 0.2) is 48.5 Å². The van der Waals surface area contributed by atoms with E-state index >= 15 is 0 Å². The Morgan fingerprint density at radius 3 is 2.55 bits per heavy atom. The Hall–Kier alpha value is -2.49. The van der Waals surface area contributed by atoms with E-state index in [1.807, 2.05) is 37.3 Å². The molecule has 0 fully saturated rings. The lowest BCUT2D eigenvalue weighted by Crippen LogP contribution is -2.09. The Balaban J connectivity index is 2.11. The molecule has 0 atom stereocenters. The van der Waals surface area contributed by atoms with E-state index in [9.17, 15) is 4.79 Å². The van der Waals surface area contributed by atoms with Gasteiger partial charge in [-0.1, -0.05) is 36.4 Å². The minimum atomic E-state index is -0.440. The zero-order chi connectivity index (χ0) is 14.4. The van der Waals surface area contributed by atoms with Gasteiger partial charge in [-0.2, -0.15) is 0 Å². The van der Waals surface area contributed by atoms with Crippen molar-refractivity contribution in [1.82, 2.24) is 0 Å². The zero-order valence-electron chi connectivity index (χ0n) is 11.3. The number of anilines is 1. The van der Waals surface area contributed by atoms with Crippen LogP contribution in [-0.4, -0.2) is 12.6 Å². The van der Waals surface area contributed by atoms with E-state index in [1.54, 1.807) is 18.2 Å². The average molecular weight is 271 g/mol. The highest BCUT2D eigenvalue weighted by molar-refractivity contribution is 5.94. The molecule has 0 heterocycles. The van der Waals surface area contributed by atoms with Crippen LogP contribution in [0.1, 0.15) is 22.8 Å². The third-order valence-corrected chi connectivity index (χ3v) is 2.77. The summed E-state index contributed by atoms with van der Waals surface area (Å²) in [6.07, 6.45) is 0. The fourth-order valence-corrected chi connectivity index (χ4v) is 1.82. The van der Waals surface area contributed by atoms with E-state index in [4.69, 9.17) is 15.2 Å². The van der Waals surface area contributed by atoms with E-state index in [0.29, 0.717) is 23.6 Å². The average Bonchev–Trinajstić information content (AvgIpc) is 2.48. The standard InChI is InChI=1S/C16H17NO3/c1-2-19-15-13(9-6-10-14(15)17)16(18)20-11-12-7-4-3-5-8-12/h3-10H,2,11,17H2,1H3. The summed E-state index contributed by atoms with van der Waals surface area (Å²) < 4.78 is 10.7. The van der Waals surface area contributed by atoms with Crippen LogP contribution in [0.5, 0.6) is 5.75 Å². The van der Waals surface area contributed by atoms with Crippen molar-refractivity contribution in [3.8, 4) is 5.75 Å². The summed E-state index contributed by atoms with van der Waals surface area (Å²) in [4.78, 5) is 12.1. The first-order valence-electron chi connectivity index (χ1n) is 6.44. The predicted molar refractivity (Wildman–Crippen MR) is 77.6 cm³/mol. The molecule has 0 aliphatic carbocycles. The summed E-state index contributed by atoms with van der Waals surface area (Å²) >= 11 is 0. The van der Waals surface area contributed by atoms with E-state index in [1.165, 1.54) is 0 Å². The van der Waals surface area contributed by atoms with Crippen LogP contribution >= 0.6 is 0 Å². The topological polar surface area (TPSA) is 61.5 Å². The number of nitrogen functional groups attached to an aromatic ring is 1. The van der Waals surface area contributed by atoms with Gasteiger partial charge in [-0.25, -0.2) is 4.79 Å². The molecule has 0 aromatic heterocycles. The van der Waals surface area contributed by atoms with Gasteiger partial charge < -0.3 is 15.2 Å². The normalized spacial score (nSPS) is 10.1. The van der Waals surface area contributed by atoms with Gasteiger partial charge in [-0.05, 0) is 24.6 Å². The number of carbonyl (C=O) groups excluding carboxylic acids is 1. The van der Waals surface area contributed by atoms with Crippen LogP contribution in [-0.2, 0) is 11.3 Å². The highest BCUT2D eigenvalue weighted by Gasteiger charge is 2.16. The lowest BCUT2D eigenvalue weighted by atomic mass is 10.1. The monoisotopic (exact) mass is 271 g/mol. The lowest BCUT2D eigenvalue weighted by Gasteiger charge is -2.12. The fourth-order valence-electron chi connectivity index (χ4n) is 1.82. The van der Waals surface area contributed by atoms with Gasteiger partial charge in [-0.15, -0.1) is 0 Å². The third kappa shape index (κ3) is 3.29. The predicted octanol–water partition coefficient (Wildman–Crippen LogP) is 3.02. The molecule has 0 aliphatic rings. The van der Waals surface area contributed by atoms with Gasteiger partial charge >= 0.3 is 5.97 Å². The van der Waals surface area contributed by atoms with Crippen LogP contribution < -0.4 is 10.5 Å². The number of rotatable bonds is 5. The minimum Gasteiger partial charge on any atom is -0.491 e. The van der Waals surface area contributed by atoms with Crippen molar-refractivity contribution in [2.24, 2.45) is 0 Å². The molecule has 0 unspecified atom stereocenters. The van der Waals surface area contributed by atoms with Gasteiger partial charge in [0.1, 0.15) is 12.2 Å². The molecule has 20 heavy (non-hydrogen) atoms. The molecule has 0 aliphatic heterocycles. The molecule has 2 aromatic carbocycles. The molecule has 2 rings (SSSR count). The Kier molecular flexibility index (Phi) is 4.60. The van der Waals surface area contributed by atoms with E-state index in [-0.39, 0.29) is 6.61 Å². The number of hydrogen-bond donors (Lipinski definition) is 1. The van der Waals surface area contributed by atoms with Gasteiger partial charge in [0, 0.05) is 0 Å².